The molecule has 2 aliphatic rings. The van der Waals surface area contributed by atoms with Gasteiger partial charge in [-0.3, -0.25) is 8.77 Å². The molecule has 6 nitrogen and oxygen atoms in total. The first-order valence-electron chi connectivity index (χ1n) is 10.8. The second kappa shape index (κ2) is 10.5. The van der Waals surface area contributed by atoms with Gasteiger partial charge < -0.3 is 18.5 Å². The molecule has 1 aromatic rings. The molecular formula is C21H31F2O6PS. The first kappa shape index (κ1) is 24.9. The number of rotatable bonds is 10. The zero-order chi connectivity index (χ0) is 22.5. The molecule has 10 heteroatoms. The number of alkyl halides is 2. The molecule has 176 valence electrons. The Morgan fingerprint density at radius 2 is 1.77 bits per heavy atom. The lowest BCUT2D eigenvalue weighted by molar-refractivity contribution is -0.197. The van der Waals surface area contributed by atoms with Gasteiger partial charge in [-0.25, -0.2) is 0 Å². The van der Waals surface area contributed by atoms with Gasteiger partial charge in [-0.2, -0.15) is 8.78 Å². The van der Waals surface area contributed by atoms with E-state index < -0.39 is 47.6 Å². The lowest BCUT2D eigenvalue weighted by atomic mass is 9.94. The topological polar surface area (TPSA) is 71.1 Å². The Bertz CT molecular complexity index is 777. The molecule has 0 radical (unpaired) electrons. The molecule has 3 rings (SSSR count). The fraction of sp³-hybridized carbons (Fsp3) is 0.714. The van der Waals surface area contributed by atoms with Crippen LogP contribution in [0.5, 0.6) is 0 Å². The Balaban J connectivity index is 1.91. The zero-order valence-electron chi connectivity index (χ0n) is 18.0. The standard InChI is InChI=1S/C21H31F2O6PS/c1-3-27-30(24,28-4-2)21(22,23)18(16-31(25)17-11-7-5-8-12-17)19-15-26-20(29-19)13-9-6-10-14-20/h5,7-8,11-12,18-19H,3-4,6,9-10,13-16H2,1-2H3/t18?,19-,31?/m1/s1. The minimum Gasteiger partial charge on any atom is -0.347 e. The Morgan fingerprint density at radius 1 is 1.16 bits per heavy atom. The monoisotopic (exact) mass is 480 g/mol. The Hall–Kier alpha value is -0.700. The second-order valence-corrected chi connectivity index (χ2v) is 11.4. The van der Waals surface area contributed by atoms with Crippen molar-refractivity contribution in [1.29, 1.82) is 0 Å². The van der Waals surface area contributed by atoms with Crippen molar-refractivity contribution in [2.45, 2.75) is 68.4 Å². The van der Waals surface area contributed by atoms with Crippen LogP contribution in [0.25, 0.3) is 0 Å². The van der Waals surface area contributed by atoms with Gasteiger partial charge in [-0.15, -0.1) is 0 Å². The minimum atomic E-state index is -4.83. The number of hydrogen-bond acceptors (Lipinski definition) is 6. The molecule has 2 unspecified atom stereocenters. The van der Waals surface area contributed by atoms with Crippen LogP contribution in [0.2, 0.25) is 0 Å². The predicted octanol–water partition coefficient (Wildman–Crippen LogP) is 5.35. The van der Waals surface area contributed by atoms with Gasteiger partial charge >= 0.3 is 13.3 Å². The largest absolute Gasteiger partial charge is 0.400 e. The molecule has 0 bridgehead atoms. The van der Waals surface area contributed by atoms with Gasteiger partial charge in [-0.05, 0) is 38.8 Å². The molecule has 1 aliphatic heterocycles. The van der Waals surface area contributed by atoms with Crippen molar-refractivity contribution in [2.24, 2.45) is 5.92 Å². The molecule has 2 fully saturated rings. The van der Waals surface area contributed by atoms with Crippen molar-refractivity contribution in [1.82, 2.24) is 0 Å². The molecule has 1 saturated heterocycles. The van der Waals surface area contributed by atoms with Crippen LogP contribution in [-0.4, -0.2) is 47.3 Å². The molecule has 3 atom stereocenters. The van der Waals surface area contributed by atoms with Crippen molar-refractivity contribution in [2.75, 3.05) is 25.6 Å². The van der Waals surface area contributed by atoms with Crippen LogP contribution in [0.3, 0.4) is 0 Å². The lowest BCUT2D eigenvalue weighted by Crippen LogP contribution is -2.44. The SMILES string of the molecule is CCOP(=O)(OCC)C(F)(F)C(CS(=O)c1ccccc1)[C@H]1COC2(CCCCC2)O1. The average molecular weight is 481 g/mol. The number of ether oxygens (including phenoxy) is 2. The quantitative estimate of drug-likeness (QED) is 0.421. The molecule has 1 heterocycles. The van der Waals surface area contributed by atoms with Crippen LogP contribution in [0.1, 0.15) is 46.0 Å². The maximum Gasteiger partial charge on any atom is 0.400 e. The van der Waals surface area contributed by atoms with Gasteiger partial charge in [0.25, 0.3) is 0 Å². The molecule has 1 saturated carbocycles. The highest BCUT2D eigenvalue weighted by atomic mass is 32.2. The third-order valence-corrected chi connectivity index (χ3v) is 9.41. The summed E-state index contributed by atoms with van der Waals surface area (Å²) in [5.41, 5.74) is -3.91. The first-order valence-corrected chi connectivity index (χ1v) is 13.7. The van der Waals surface area contributed by atoms with E-state index in [9.17, 15) is 8.77 Å². The summed E-state index contributed by atoms with van der Waals surface area (Å²) in [5, 5.41) is 0. The summed E-state index contributed by atoms with van der Waals surface area (Å²) in [6, 6.07) is 8.37. The van der Waals surface area contributed by atoms with Crippen molar-refractivity contribution in [3.05, 3.63) is 30.3 Å². The van der Waals surface area contributed by atoms with E-state index in [1.165, 1.54) is 13.8 Å². The summed E-state index contributed by atoms with van der Waals surface area (Å²) < 4.78 is 79.6. The van der Waals surface area contributed by atoms with Gasteiger partial charge in [0.2, 0.25) is 0 Å². The van der Waals surface area contributed by atoms with Gasteiger partial charge in [0.1, 0.15) is 0 Å². The molecule has 1 aliphatic carbocycles. The Kier molecular flexibility index (Phi) is 8.44. The van der Waals surface area contributed by atoms with E-state index in [-0.39, 0.29) is 19.8 Å². The summed E-state index contributed by atoms with van der Waals surface area (Å²) in [5.74, 6) is -3.02. The molecule has 0 aromatic heterocycles. The van der Waals surface area contributed by atoms with Crippen molar-refractivity contribution in [3.63, 3.8) is 0 Å². The molecule has 0 N–H and O–H groups in total. The summed E-state index contributed by atoms with van der Waals surface area (Å²) >= 11 is 0. The molecule has 1 spiro atoms. The fourth-order valence-electron chi connectivity index (χ4n) is 4.14. The lowest BCUT2D eigenvalue weighted by Gasteiger charge is -2.36. The molecule has 0 amide bonds. The number of hydrogen-bond donors (Lipinski definition) is 0. The van der Waals surface area contributed by atoms with Crippen molar-refractivity contribution in [3.8, 4) is 0 Å². The van der Waals surface area contributed by atoms with Gasteiger partial charge in [0.05, 0.1) is 42.6 Å². The summed E-state index contributed by atoms with van der Waals surface area (Å²) in [6.45, 7) is 2.47. The Morgan fingerprint density at radius 3 is 2.35 bits per heavy atom. The molecule has 1 aromatic carbocycles. The van der Waals surface area contributed by atoms with Crippen LogP contribution < -0.4 is 0 Å². The van der Waals surface area contributed by atoms with E-state index in [1.54, 1.807) is 30.3 Å². The Labute approximate surface area is 185 Å². The third-order valence-electron chi connectivity index (χ3n) is 5.69. The smallest absolute Gasteiger partial charge is 0.347 e. The summed E-state index contributed by atoms with van der Waals surface area (Å²) in [4.78, 5) is 0.414. The van der Waals surface area contributed by atoms with Gasteiger partial charge in [0.15, 0.2) is 5.79 Å². The maximum absolute atomic E-state index is 15.8. The summed E-state index contributed by atoms with van der Waals surface area (Å²) in [7, 11) is -6.60. The number of benzene rings is 1. The zero-order valence-corrected chi connectivity index (χ0v) is 19.7. The fourth-order valence-corrected chi connectivity index (χ4v) is 7.43. The van der Waals surface area contributed by atoms with E-state index in [1.807, 2.05) is 0 Å². The van der Waals surface area contributed by atoms with E-state index >= 15 is 8.78 Å². The highest BCUT2D eigenvalue weighted by Gasteiger charge is 2.63. The molecular weight excluding hydrogens is 449 g/mol. The van der Waals surface area contributed by atoms with E-state index in [0.717, 1.165) is 19.3 Å². The number of halogens is 2. The molecule has 31 heavy (non-hydrogen) atoms. The van der Waals surface area contributed by atoms with Crippen LogP contribution in [-0.2, 0) is 33.9 Å². The summed E-state index contributed by atoms with van der Waals surface area (Å²) in [6.07, 6.45) is 2.99. The first-order chi connectivity index (χ1) is 14.8. The normalized spacial score (nSPS) is 23.7. The van der Waals surface area contributed by atoms with Crippen LogP contribution in [0, 0.1) is 5.92 Å². The highest BCUT2D eigenvalue weighted by Crippen LogP contribution is 2.66. The maximum atomic E-state index is 15.8. The van der Waals surface area contributed by atoms with Crippen molar-refractivity contribution >= 4 is 18.4 Å². The van der Waals surface area contributed by atoms with Crippen LogP contribution in [0.15, 0.2) is 35.2 Å². The predicted molar refractivity (Wildman–Crippen MR) is 114 cm³/mol. The van der Waals surface area contributed by atoms with E-state index in [4.69, 9.17) is 18.5 Å². The van der Waals surface area contributed by atoms with E-state index in [0.29, 0.717) is 17.7 Å². The average Bonchev–Trinajstić information content (AvgIpc) is 3.15. The second-order valence-electron chi connectivity index (χ2n) is 7.79. The highest BCUT2D eigenvalue weighted by molar-refractivity contribution is 7.85. The van der Waals surface area contributed by atoms with Gasteiger partial charge in [0, 0.05) is 23.5 Å². The third kappa shape index (κ3) is 5.45. The van der Waals surface area contributed by atoms with E-state index in [2.05, 4.69) is 0 Å². The van der Waals surface area contributed by atoms with Crippen LogP contribution >= 0.6 is 7.60 Å². The van der Waals surface area contributed by atoms with Crippen LogP contribution in [0.4, 0.5) is 8.78 Å². The minimum absolute atomic E-state index is 0.0789. The van der Waals surface area contributed by atoms with Gasteiger partial charge in [-0.1, -0.05) is 24.6 Å². The van der Waals surface area contributed by atoms with Crippen molar-refractivity contribution < 1.29 is 36.1 Å².